The molecule has 4 nitrogen and oxygen atoms in total. The molecule has 1 aromatic heterocycles. The molecule has 1 aromatic rings. The van der Waals surface area contributed by atoms with Gasteiger partial charge in [0.25, 0.3) is 0 Å². The summed E-state index contributed by atoms with van der Waals surface area (Å²) in [4.78, 5) is 19.4. The molecular formula is C21H33N3O. The van der Waals surface area contributed by atoms with Crippen molar-refractivity contribution < 1.29 is 4.79 Å². The SMILES string of the molecule is Cc1cnc(C2CCC2)n1C1CCN(C(=O)CCC2CCCC2)CC1. The normalized spacial score (nSPS) is 23.2. The average molecular weight is 344 g/mol. The molecule has 3 aliphatic rings. The zero-order chi connectivity index (χ0) is 17.2. The van der Waals surface area contributed by atoms with E-state index >= 15 is 0 Å². The van der Waals surface area contributed by atoms with Crippen molar-refractivity contribution in [2.24, 2.45) is 5.92 Å². The number of aryl methyl sites for hydroxylation is 1. The molecule has 2 saturated carbocycles. The zero-order valence-electron chi connectivity index (χ0n) is 15.8. The molecule has 1 amide bonds. The molecule has 2 heterocycles. The Morgan fingerprint density at radius 3 is 2.44 bits per heavy atom. The lowest BCUT2D eigenvalue weighted by molar-refractivity contribution is -0.132. The summed E-state index contributed by atoms with van der Waals surface area (Å²) >= 11 is 0. The molecule has 3 fully saturated rings. The Labute approximate surface area is 152 Å². The van der Waals surface area contributed by atoms with Crippen LogP contribution in [0.3, 0.4) is 0 Å². The number of amides is 1. The van der Waals surface area contributed by atoms with Crippen LogP contribution in [0.25, 0.3) is 0 Å². The van der Waals surface area contributed by atoms with Gasteiger partial charge in [0.1, 0.15) is 5.82 Å². The highest BCUT2D eigenvalue weighted by atomic mass is 16.2. The number of nitrogens with zero attached hydrogens (tertiary/aromatic N) is 3. The largest absolute Gasteiger partial charge is 0.343 e. The summed E-state index contributed by atoms with van der Waals surface area (Å²) in [5.41, 5.74) is 1.30. The van der Waals surface area contributed by atoms with Crippen molar-refractivity contribution in [3.8, 4) is 0 Å². The Morgan fingerprint density at radius 1 is 1.08 bits per heavy atom. The molecule has 1 aliphatic heterocycles. The first-order valence-electron chi connectivity index (χ1n) is 10.5. The predicted octanol–water partition coefficient (Wildman–Crippen LogP) is 4.59. The zero-order valence-corrected chi connectivity index (χ0v) is 15.8. The van der Waals surface area contributed by atoms with Crippen LogP contribution in [0.15, 0.2) is 6.20 Å². The molecule has 1 saturated heterocycles. The van der Waals surface area contributed by atoms with Gasteiger partial charge in [-0.25, -0.2) is 4.98 Å². The first-order valence-corrected chi connectivity index (χ1v) is 10.5. The second-order valence-corrected chi connectivity index (χ2v) is 8.56. The van der Waals surface area contributed by atoms with Crippen molar-refractivity contribution in [2.75, 3.05) is 13.1 Å². The molecule has 0 N–H and O–H groups in total. The molecule has 0 unspecified atom stereocenters. The van der Waals surface area contributed by atoms with Crippen molar-refractivity contribution in [3.05, 3.63) is 17.7 Å². The quantitative estimate of drug-likeness (QED) is 0.784. The van der Waals surface area contributed by atoms with Crippen molar-refractivity contribution >= 4 is 5.91 Å². The fraction of sp³-hybridized carbons (Fsp3) is 0.810. The minimum absolute atomic E-state index is 0.395. The van der Waals surface area contributed by atoms with E-state index in [9.17, 15) is 4.79 Å². The number of hydrogen-bond acceptors (Lipinski definition) is 2. The molecule has 0 radical (unpaired) electrons. The number of rotatable bonds is 5. The van der Waals surface area contributed by atoms with Gasteiger partial charge in [-0.1, -0.05) is 32.1 Å². The number of piperidine rings is 1. The maximum Gasteiger partial charge on any atom is 0.222 e. The van der Waals surface area contributed by atoms with Crippen molar-refractivity contribution in [2.45, 2.75) is 89.5 Å². The lowest BCUT2D eigenvalue weighted by Gasteiger charge is -2.36. The fourth-order valence-electron chi connectivity index (χ4n) is 5.07. The molecule has 0 bridgehead atoms. The van der Waals surface area contributed by atoms with Crippen LogP contribution in [-0.4, -0.2) is 33.4 Å². The molecule has 138 valence electrons. The summed E-state index contributed by atoms with van der Waals surface area (Å²) in [5.74, 6) is 3.21. The van der Waals surface area contributed by atoms with E-state index in [4.69, 9.17) is 4.98 Å². The summed E-state index contributed by atoms with van der Waals surface area (Å²) < 4.78 is 2.50. The first kappa shape index (κ1) is 17.1. The van der Waals surface area contributed by atoms with E-state index in [2.05, 4.69) is 16.4 Å². The predicted molar refractivity (Wildman–Crippen MR) is 99.6 cm³/mol. The van der Waals surface area contributed by atoms with Crippen LogP contribution in [0.2, 0.25) is 0 Å². The van der Waals surface area contributed by atoms with Crippen LogP contribution in [-0.2, 0) is 4.79 Å². The van der Waals surface area contributed by atoms with Gasteiger partial charge in [-0.15, -0.1) is 0 Å². The second-order valence-electron chi connectivity index (χ2n) is 8.56. The molecule has 0 atom stereocenters. The number of hydrogen-bond donors (Lipinski definition) is 0. The smallest absolute Gasteiger partial charge is 0.222 e. The Bertz CT molecular complexity index is 590. The van der Waals surface area contributed by atoms with Crippen LogP contribution in [0.4, 0.5) is 0 Å². The Balaban J connectivity index is 1.31. The Morgan fingerprint density at radius 2 is 1.80 bits per heavy atom. The van der Waals surface area contributed by atoms with Gasteiger partial charge in [-0.2, -0.15) is 0 Å². The van der Waals surface area contributed by atoms with E-state index in [0.717, 1.165) is 44.7 Å². The summed E-state index contributed by atoms with van der Waals surface area (Å²) in [6.45, 7) is 4.04. The van der Waals surface area contributed by atoms with Gasteiger partial charge in [-0.3, -0.25) is 4.79 Å². The highest BCUT2D eigenvalue weighted by Gasteiger charge is 2.30. The van der Waals surface area contributed by atoms with Gasteiger partial charge in [0, 0.05) is 43.4 Å². The molecule has 4 heteroatoms. The van der Waals surface area contributed by atoms with Crippen LogP contribution in [0.5, 0.6) is 0 Å². The van der Waals surface area contributed by atoms with Gasteiger partial charge in [-0.05, 0) is 44.9 Å². The van der Waals surface area contributed by atoms with Crippen LogP contribution in [0, 0.1) is 12.8 Å². The van der Waals surface area contributed by atoms with Gasteiger partial charge in [0.05, 0.1) is 0 Å². The summed E-state index contributed by atoms with van der Waals surface area (Å²) in [5, 5.41) is 0. The molecule has 0 spiro atoms. The van der Waals surface area contributed by atoms with Gasteiger partial charge in [0.15, 0.2) is 0 Å². The molecule has 2 aliphatic carbocycles. The van der Waals surface area contributed by atoms with E-state index in [1.807, 2.05) is 6.20 Å². The molecule has 4 rings (SSSR count). The Kier molecular flexibility index (Phi) is 5.14. The van der Waals surface area contributed by atoms with Crippen molar-refractivity contribution in [1.29, 1.82) is 0 Å². The monoisotopic (exact) mass is 343 g/mol. The van der Waals surface area contributed by atoms with Crippen LogP contribution in [0.1, 0.15) is 94.1 Å². The highest BCUT2D eigenvalue weighted by Crippen LogP contribution is 2.38. The number of carbonyl (C=O) groups excluding carboxylic acids is 1. The lowest BCUT2D eigenvalue weighted by Crippen LogP contribution is -2.39. The topological polar surface area (TPSA) is 38.1 Å². The van der Waals surface area contributed by atoms with E-state index in [0.29, 0.717) is 17.9 Å². The number of imidazole rings is 1. The fourth-order valence-corrected chi connectivity index (χ4v) is 5.07. The van der Waals surface area contributed by atoms with E-state index in [1.54, 1.807) is 0 Å². The summed E-state index contributed by atoms with van der Waals surface area (Å²) in [6.07, 6.45) is 15.5. The average Bonchev–Trinajstić information content (AvgIpc) is 3.22. The Hall–Kier alpha value is -1.32. The van der Waals surface area contributed by atoms with E-state index in [1.165, 1.54) is 56.5 Å². The third-order valence-corrected chi connectivity index (χ3v) is 6.90. The number of likely N-dealkylation sites (tertiary alicyclic amines) is 1. The van der Waals surface area contributed by atoms with Gasteiger partial charge < -0.3 is 9.47 Å². The first-order chi connectivity index (χ1) is 12.2. The van der Waals surface area contributed by atoms with Gasteiger partial charge in [0.2, 0.25) is 5.91 Å². The van der Waals surface area contributed by atoms with Crippen LogP contribution < -0.4 is 0 Å². The summed E-state index contributed by atoms with van der Waals surface area (Å²) in [6, 6.07) is 0.539. The van der Waals surface area contributed by atoms with Gasteiger partial charge >= 0.3 is 0 Å². The summed E-state index contributed by atoms with van der Waals surface area (Å²) in [7, 11) is 0. The number of carbonyl (C=O) groups is 1. The third-order valence-electron chi connectivity index (χ3n) is 6.90. The minimum Gasteiger partial charge on any atom is -0.343 e. The lowest BCUT2D eigenvalue weighted by atomic mass is 9.84. The van der Waals surface area contributed by atoms with E-state index in [-0.39, 0.29) is 0 Å². The second kappa shape index (κ2) is 7.51. The van der Waals surface area contributed by atoms with Crippen molar-refractivity contribution in [3.63, 3.8) is 0 Å². The molecule has 0 aromatic carbocycles. The standard InChI is InChI=1S/C21H33N3O/c1-16-15-22-21(18-7-4-8-18)24(16)19-11-13-23(14-12-19)20(25)10-9-17-5-2-3-6-17/h15,17-19H,2-14H2,1H3. The molecule has 25 heavy (non-hydrogen) atoms. The third kappa shape index (κ3) is 3.63. The highest BCUT2D eigenvalue weighted by molar-refractivity contribution is 5.76. The van der Waals surface area contributed by atoms with Crippen LogP contribution >= 0.6 is 0 Å². The molecular weight excluding hydrogens is 310 g/mol. The van der Waals surface area contributed by atoms with Crippen molar-refractivity contribution in [1.82, 2.24) is 14.5 Å². The maximum absolute atomic E-state index is 12.6. The maximum atomic E-state index is 12.6. The van der Waals surface area contributed by atoms with E-state index < -0.39 is 0 Å². The minimum atomic E-state index is 0.395. The number of aromatic nitrogens is 2.